The lowest BCUT2D eigenvalue weighted by Gasteiger charge is -2.29. The minimum Gasteiger partial charge on any atom is -0.443 e. The van der Waals surface area contributed by atoms with Crippen molar-refractivity contribution < 1.29 is 40.7 Å². The fourth-order valence-corrected chi connectivity index (χ4v) is 4.78. The number of aryl methyl sites for hydroxylation is 1. The fourth-order valence-electron chi connectivity index (χ4n) is 4.78. The molecule has 0 saturated carbocycles. The summed E-state index contributed by atoms with van der Waals surface area (Å²) in [6, 6.07) is -0.615. The number of alkyl halides is 6. The molecule has 9 nitrogen and oxygen atoms in total. The molecule has 2 amide bonds. The van der Waals surface area contributed by atoms with Crippen molar-refractivity contribution in [3.8, 4) is 11.1 Å². The molecule has 0 spiro atoms. The van der Waals surface area contributed by atoms with Gasteiger partial charge in [0.25, 0.3) is 5.91 Å². The van der Waals surface area contributed by atoms with E-state index in [0.29, 0.717) is 29.7 Å². The third-order valence-corrected chi connectivity index (χ3v) is 6.75. The first-order chi connectivity index (χ1) is 19.9. The molecule has 1 aliphatic heterocycles. The van der Waals surface area contributed by atoms with Crippen molar-refractivity contribution in [2.24, 2.45) is 7.05 Å². The van der Waals surface area contributed by atoms with Gasteiger partial charge in [0.2, 0.25) is 5.95 Å². The lowest BCUT2D eigenvalue weighted by atomic mass is 10.0. The third-order valence-electron chi connectivity index (χ3n) is 6.75. The van der Waals surface area contributed by atoms with Crippen LogP contribution in [0.5, 0.6) is 0 Å². The molecule has 2 atom stereocenters. The van der Waals surface area contributed by atoms with Crippen LogP contribution in [0.1, 0.15) is 57.2 Å². The van der Waals surface area contributed by atoms with E-state index in [2.05, 4.69) is 15.1 Å². The van der Waals surface area contributed by atoms with E-state index < -0.39 is 59.7 Å². The summed E-state index contributed by atoms with van der Waals surface area (Å²) in [6.07, 6.45) is -4.61. The van der Waals surface area contributed by atoms with Gasteiger partial charge in [-0.2, -0.15) is 31.4 Å². The van der Waals surface area contributed by atoms with Crippen LogP contribution in [0.3, 0.4) is 0 Å². The number of halogens is 6. The van der Waals surface area contributed by atoms with E-state index in [-0.39, 0.29) is 24.0 Å². The van der Waals surface area contributed by atoms with Gasteiger partial charge in [-0.15, -0.1) is 0 Å². The summed E-state index contributed by atoms with van der Waals surface area (Å²) in [4.78, 5) is 37.5. The van der Waals surface area contributed by atoms with E-state index in [1.165, 1.54) is 17.3 Å². The predicted octanol–water partition coefficient (Wildman–Crippen LogP) is 6.24. The molecule has 0 aliphatic carbocycles. The van der Waals surface area contributed by atoms with Gasteiger partial charge in [0.15, 0.2) is 0 Å². The number of ether oxygens (including phenoxy) is 1. The predicted molar refractivity (Wildman–Crippen MR) is 142 cm³/mol. The van der Waals surface area contributed by atoms with Crippen LogP contribution in [0.4, 0.5) is 37.1 Å². The lowest BCUT2D eigenvalue weighted by Crippen LogP contribution is -2.46. The van der Waals surface area contributed by atoms with Gasteiger partial charge in [0.1, 0.15) is 11.6 Å². The first kappa shape index (κ1) is 31.8. The van der Waals surface area contributed by atoms with Crippen molar-refractivity contribution in [2.75, 3.05) is 4.90 Å². The van der Waals surface area contributed by atoms with Gasteiger partial charge in [-0.05, 0) is 57.4 Å². The van der Waals surface area contributed by atoms with E-state index in [9.17, 15) is 35.9 Å². The van der Waals surface area contributed by atoms with Crippen molar-refractivity contribution in [3.05, 3.63) is 59.7 Å². The summed E-state index contributed by atoms with van der Waals surface area (Å²) in [6.45, 7) is 6.02. The first-order valence-electron chi connectivity index (χ1n) is 13.3. The molecule has 43 heavy (non-hydrogen) atoms. The monoisotopic (exact) mass is 612 g/mol. The molecule has 232 valence electrons. The average molecular weight is 613 g/mol. The lowest BCUT2D eigenvalue weighted by molar-refractivity contribution is -0.143. The van der Waals surface area contributed by atoms with Crippen LogP contribution in [0.2, 0.25) is 0 Å². The highest BCUT2D eigenvalue weighted by Crippen LogP contribution is 2.38. The zero-order valence-electron chi connectivity index (χ0n) is 24.0. The number of carbonyl (C=O) groups is 2. The molecule has 0 bridgehead atoms. The maximum absolute atomic E-state index is 13.7. The van der Waals surface area contributed by atoms with Gasteiger partial charge in [-0.3, -0.25) is 9.48 Å². The van der Waals surface area contributed by atoms with Crippen LogP contribution in [-0.2, 0) is 35.5 Å². The number of amides is 2. The number of anilines is 1. The molecule has 1 saturated heterocycles. The molecule has 0 N–H and O–H groups in total. The molecule has 4 rings (SSSR count). The van der Waals surface area contributed by atoms with E-state index in [1.807, 2.05) is 0 Å². The van der Waals surface area contributed by atoms with Gasteiger partial charge in [0.05, 0.1) is 17.3 Å². The summed E-state index contributed by atoms with van der Waals surface area (Å²) < 4.78 is 88.6. The van der Waals surface area contributed by atoms with Gasteiger partial charge >= 0.3 is 18.4 Å². The SMILES string of the molecule is CC[C@@H]1C[C@H](N(Cc2cc(C(F)(F)F)cc(C(F)(F)F)c2)c2ncc(-c3cnn(C)c3)cn2)C(=O)N1C(=O)OC(C)(C)C. The van der Waals surface area contributed by atoms with Crippen molar-refractivity contribution in [1.82, 2.24) is 24.6 Å². The number of benzene rings is 1. The van der Waals surface area contributed by atoms with Crippen molar-refractivity contribution in [2.45, 2.75) is 77.1 Å². The maximum atomic E-state index is 13.7. The van der Waals surface area contributed by atoms with E-state index >= 15 is 0 Å². The Morgan fingerprint density at radius 3 is 2.02 bits per heavy atom. The number of likely N-dealkylation sites (tertiary alicyclic amines) is 1. The van der Waals surface area contributed by atoms with Crippen molar-refractivity contribution in [3.63, 3.8) is 0 Å². The molecule has 0 unspecified atom stereocenters. The fraction of sp³-hybridized carbons (Fsp3) is 0.464. The van der Waals surface area contributed by atoms with Gasteiger partial charge in [-0.25, -0.2) is 19.7 Å². The van der Waals surface area contributed by atoms with Crippen molar-refractivity contribution in [1.29, 1.82) is 0 Å². The third kappa shape index (κ3) is 7.25. The molecule has 15 heteroatoms. The van der Waals surface area contributed by atoms with E-state index in [1.54, 1.807) is 51.8 Å². The molecule has 0 radical (unpaired) electrons. The topological polar surface area (TPSA) is 93.5 Å². The Labute approximate surface area is 243 Å². The number of hydrogen-bond acceptors (Lipinski definition) is 7. The zero-order chi connectivity index (χ0) is 31.9. The van der Waals surface area contributed by atoms with Crippen LogP contribution < -0.4 is 4.90 Å². The van der Waals surface area contributed by atoms with Crippen LogP contribution >= 0.6 is 0 Å². The zero-order valence-corrected chi connectivity index (χ0v) is 24.0. The molecular formula is C28H30F6N6O3. The molecule has 3 heterocycles. The van der Waals surface area contributed by atoms with Gasteiger partial charge in [-0.1, -0.05) is 6.92 Å². The molecular weight excluding hydrogens is 582 g/mol. The summed E-state index contributed by atoms with van der Waals surface area (Å²) in [7, 11) is 1.71. The number of nitrogens with zero attached hydrogens (tertiary/aromatic N) is 6. The highest BCUT2D eigenvalue weighted by molar-refractivity contribution is 5.99. The largest absolute Gasteiger partial charge is 0.443 e. The molecule has 1 aromatic carbocycles. The number of hydrogen-bond donors (Lipinski definition) is 0. The van der Waals surface area contributed by atoms with E-state index in [0.717, 1.165) is 4.90 Å². The second-order valence-corrected chi connectivity index (χ2v) is 11.2. The molecule has 2 aromatic heterocycles. The van der Waals surface area contributed by atoms with Crippen LogP contribution in [0, 0.1) is 0 Å². The van der Waals surface area contributed by atoms with E-state index in [4.69, 9.17) is 4.74 Å². The maximum Gasteiger partial charge on any atom is 0.417 e. The summed E-state index contributed by atoms with van der Waals surface area (Å²) in [5.41, 5.74) is -3.10. The molecule has 3 aromatic rings. The highest BCUT2D eigenvalue weighted by Gasteiger charge is 2.47. The summed E-state index contributed by atoms with van der Waals surface area (Å²) in [5.74, 6) is -0.859. The smallest absolute Gasteiger partial charge is 0.417 e. The standard InChI is InChI=1S/C28H30F6N6O3/c1-6-21-10-22(23(41)40(21)25(42)43-26(2,3)4)39(24-35-11-17(12-36-24)18-13-37-38(5)15-18)14-16-7-19(27(29,30)31)9-20(8-16)28(32,33)34/h7-9,11-13,15,21-22H,6,10,14H2,1-5H3/t21-,22+/m1/s1. The minimum atomic E-state index is -5.06. The number of imide groups is 1. The molecule has 1 fully saturated rings. The van der Waals surface area contributed by atoms with Gasteiger partial charge in [0, 0.05) is 49.4 Å². The highest BCUT2D eigenvalue weighted by atomic mass is 19.4. The Morgan fingerprint density at radius 2 is 1.56 bits per heavy atom. The Morgan fingerprint density at radius 1 is 0.977 bits per heavy atom. The summed E-state index contributed by atoms with van der Waals surface area (Å²) >= 11 is 0. The Bertz CT molecular complexity index is 1450. The van der Waals surface area contributed by atoms with Crippen LogP contribution in [-0.4, -0.2) is 54.3 Å². The summed E-state index contributed by atoms with van der Waals surface area (Å²) in [5, 5.41) is 4.08. The number of rotatable bonds is 6. The average Bonchev–Trinajstić information content (AvgIpc) is 3.48. The second kappa shape index (κ2) is 11.5. The van der Waals surface area contributed by atoms with Gasteiger partial charge < -0.3 is 9.64 Å². The number of aromatic nitrogens is 4. The Hall–Kier alpha value is -4.17. The Balaban J connectivity index is 1.79. The van der Waals surface area contributed by atoms with Crippen LogP contribution in [0.15, 0.2) is 43.0 Å². The Kier molecular flexibility index (Phi) is 8.49. The second-order valence-electron chi connectivity index (χ2n) is 11.2. The first-order valence-corrected chi connectivity index (χ1v) is 13.3. The minimum absolute atomic E-state index is 0.0212. The normalized spacial score (nSPS) is 17.8. The number of carbonyl (C=O) groups excluding carboxylic acids is 2. The van der Waals surface area contributed by atoms with Crippen LogP contribution in [0.25, 0.3) is 11.1 Å². The quantitative estimate of drug-likeness (QED) is 0.305. The molecule has 1 aliphatic rings. The van der Waals surface area contributed by atoms with Crippen molar-refractivity contribution >= 4 is 17.9 Å².